The Morgan fingerprint density at radius 2 is 1.05 bits per heavy atom. The van der Waals surface area contributed by atoms with Crippen LogP contribution in [0.25, 0.3) is 110 Å². The fraction of sp³-hybridized carbons (Fsp3) is 0.118. The van der Waals surface area contributed by atoms with E-state index >= 15 is 0 Å². The second kappa shape index (κ2) is 16.9. The molecule has 5 aromatic heterocycles. The van der Waals surface area contributed by atoms with Gasteiger partial charge < -0.3 is 4.40 Å². The molecule has 14 rings (SSSR count). The molecule has 0 bridgehead atoms. The van der Waals surface area contributed by atoms with E-state index in [2.05, 4.69) is 261 Å². The fourth-order valence-corrected chi connectivity index (χ4v) is 12.5. The third kappa shape index (κ3) is 7.18. The molecule has 0 aliphatic carbocycles. The summed E-state index contributed by atoms with van der Waals surface area (Å²) in [5.74, 6) is 1.98. The van der Waals surface area contributed by atoms with E-state index in [1.165, 1.54) is 54.8 Å². The fourth-order valence-electron chi connectivity index (χ4n) is 11.4. The molecule has 5 heterocycles. The number of hydrogen-bond acceptors (Lipinski definition) is 2. The van der Waals surface area contributed by atoms with Crippen LogP contribution in [0.4, 0.5) is 0 Å². The molecule has 6 nitrogen and oxygen atoms in total. The molecule has 0 saturated heterocycles. The number of aromatic nitrogens is 5. The molecule has 0 atom stereocenters. The van der Waals surface area contributed by atoms with E-state index in [4.69, 9.17) is 9.72 Å². The van der Waals surface area contributed by atoms with Crippen molar-refractivity contribution < 1.29 is 24.1 Å². The Morgan fingerprint density at radius 1 is 0.440 bits per heavy atom. The van der Waals surface area contributed by atoms with Crippen molar-refractivity contribution in [2.75, 3.05) is 0 Å². The number of para-hydroxylation sites is 5. The number of hydrogen-bond donors (Lipinski definition) is 0. The molecule has 14 aromatic rings. The number of rotatable bonds is 7. The second-order valence-electron chi connectivity index (χ2n) is 21.8. The van der Waals surface area contributed by atoms with Gasteiger partial charge >= 0.3 is 346 Å². The molecule has 0 unspecified atom stereocenters. The van der Waals surface area contributed by atoms with Gasteiger partial charge in [0.1, 0.15) is 0 Å². The summed E-state index contributed by atoms with van der Waals surface area (Å²) in [5, 5.41) is 7.20. The van der Waals surface area contributed by atoms with Gasteiger partial charge in [-0.15, -0.1) is 0 Å². The van der Waals surface area contributed by atoms with Crippen LogP contribution in [0.5, 0.6) is 11.5 Å². The predicted octanol–water partition coefficient (Wildman–Crippen LogP) is 17.5. The van der Waals surface area contributed by atoms with Crippen LogP contribution in [0.1, 0.15) is 52.7 Å². The average molecular weight is 1150 g/mol. The molecule has 366 valence electrons. The molecule has 7 heteroatoms. The first-order valence-corrected chi connectivity index (χ1v) is 26.8. The first-order valence-electron chi connectivity index (χ1n) is 25.6. The minimum atomic E-state index is -0.0466. The Kier molecular flexibility index (Phi) is 10.2. The van der Waals surface area contributed by atoms with Crippen LogP contribution in [-0.4, -0.2) is 23.1 Å². The van der Waals surface area contributed by atoms with Crippen molar-refractivity contribution in [1.82, 2.24) is 23.1 Å². The van der Waals surface area contributed by atoms with Gasteiger partial charge in [-0.2, -0.15) is 0 Å². The van der Waals surface area contributed by atoms with Crippen LogP contribution >= 0.6 is 0 Å². The normalized spacial score (nSPS) is 12.5. The van der Waals surface area contributed by atoms with E-state index in [1.54, 1.807) is 0 Å². The van der Waals surface area contributed by atoms with Crippen LogP contribution in [0.3, 0.4) is 0 Å². The maximum absolute atomic E-state index is 6.84. The summed E-state index contributed by atoms with van der Waals surface area (Å²) in [7, 11) is 0. The van der Waals surface area contributed by atoms with Gasteiger partial charge in [0.15, 0.2) is 0 Å². The van der Waals surface area contributed by atoms with E-state index in [0.29, 0.717) is 11.5 Å². The molecule has 0 spiro atoms. The summed E-state index contributed by atoms with van der Waals surface area (Å²) >= 11 is 2.51. The summed E-state index contributed by atoms with van der Waals surface area (Å²) in [6, 6.07) is 77.3. The predicted molar refractivity (Wildman–Crippen MR) is 305 cm³/mol. The first kappa shape index (κ1) is 45.3. The van der Waals surface area contributed by atoms with Gasteiger partial charge in [0.2, 0.25) is 0 Å². The van der Waals surface area contributed by atoms with Crippen LogP contribution in [0.2, 0.25) is 0 Å². The van der Waals surface area contributed by atoms with Crippen molar-refractivity contribution in [2.45, 2.75) is 52.4 Å². The molecule has 0 amide bonds. The molecule has 9 aromatic carbocycles. The summed E-state index contributed by atoms with van der Waals surface area (Å²) in [5.41, 5.74) is 16.9. The Bertz CT molecular complexity index is 4620. The summed E-state index contributed by atoms with van der Waals surface area (Å²) in [6.45, 7) is 13.8. The molecule has 0 N–H and O–H groups in total. The van der Waals surface area contributed by atoms with Gasteiger partial charge in [-0.3, -0.25) is 0 Å². The van der Waals surface area contributed by atoms with Crippen LogP contribution < -0.4 is 4.74 Å². The minimum absolute atomic E-state index is 0.0466. The zero-order valence-corrected chi connectivity index (χ0v) is 44.8. The Morgan fingerprint density at radius 3 is 1.79 bits per heavy atom. The molecule has 0 saturated carbocycles. The van der Waals surface area contributed by atoms with E-state index in [0.717, 1.165) is 70.5 Å². The molecule has 0 fully saturated rings. The summed E-state index contributed by atoms with van der Waals surface area (Å²) in [4.78, 5) is 4.90. The Labute approximate surface area is 446 Å². The van der Waals surface area contributed by atoms with E-state index in [9.17, 15) is 0 Å². The molecule has 75 heavy (non-hydrogen) atoms. The molecular weight excluding hydrogens is 1100 g/mol. The standard InChI is InChI=1S/C68H51N5O.Pt/c1-67(2,3)45-35-44(36-46(37-45)68(4,5)6)51-25-17-24-50(43-19-8-7-9-20-43)65(51)71-42-70(59-29-12-13-30-60(59)71)47-21-16-22-48(38-47)74-49-32-33-53-56-40-57-55-27-18-26-54-52-23-10-11-28-58(52)73(66(54)55)63(57)41-62(56)72(61(53)39-49)64-31-14-15-34-69-64;/h7-37,40-41H,1-6H3;/q-2;. The molecule has 0 radical (unpaired) electrons. The van der Waals surface area contributed by atoms with Crippen LogP contribution in [-0.2, 0) is 30.2 Å². The monoisotopic (exact) mass is 1150 g/mol. The number of benzene rings is 9. The zero-order chi connectivity index (χ0) is 50.9. The van der Waals surface area contributed by atoms with E-state index in [1.807, 2.05) is 30.5 Å². The second-order valence-corrected chi connectivity index (χ2v) is 22.8. The number of imidazole rings is 1. The maximum atomic E-state index is 6.84. The van der Waals surface area contributed by atoms with Gasteiger partial charge in [0, 0.05) is 27.7 Å². The van der Waals surface area contributed by atoms with E-state index < -0.39 is 0 Å². The third-order valence-corrected chi connectivity index (χ3v) is 16.1. The third-order valence-electron chi connectivity index (χ3n) is 15.1. The van der Waals surface area contributed by atoms with Crippen LogP contribution in [0, 0.1) is 15.9 Å². The van der Waals surface area contributed by atoms with Crippen molar-refractivity contribution >= 4 is 70.9 Å². The molecule has 0 aliphatic rings. The van der Waals surface area contributed by atoms with Gasteiger partial charge in [0.05, 0.1) is 16.6 Å². The van der Waals surface area contributed by atoms with E-state index in [-0.39, 0.29) is 10.8 Å². The molecule has 0 aliphatic heterocycles. The SMILES string of the molecule is CC(C)(C)c1cc(-c2cccc(-c3ccccc3)c2-n2[c](=[Pt])n(-c3[c-]c(Oc4[c-]c5c(cc4)c4cc6c7cccc8c9ccccc9n(c6cc4n5-c4ccccn4)c87)ccc3)c3ccccc32)cc(C(C)(C)C)c1. The van der Waals surface area contributed by atoms with Crippen LogP contribution in [0.15, 0.2) is 200 Å². The van der Waals surface area contributed by atoms with Gasteiger partial charge in [0.25, 0.3) is 0 Å². The summed E-state index contributed by atoms with van der Waals surface area (Å²) in [6.07, 6.45) is 1.85. The quantitative estimate of drug-likeness (QED) is 0.149. The van der Waals surface area contributed by atoms with Gasteiger partial charge in [-0.1, -0.05) is 42.5 Å². The first-order chi connectivity index (χ1) is 36.4. The number of pyridine rings is 1. The van der Waals surface area contributed by atoms with Gasteiger partial charge in [-0.25, -0.2) is 0 Å². The van der Waals surface area contributed by atoms with Gasteiger partial charge in [-0.05, 0) is 12.1 Å². The summed E-state index contributed by atoms with van der Waals surface area (Å²) < 4.78 is 17.2. The Hall–Kier alpha value is -8.31. The van der Waals surface area contributed by atoms with Crippen molar-refractivity contribution in [3.63, 3.8) is 0 Å². The van der Waals surface area contributed by atoms with Crippen molar-refractivity contribution in [3.05, 3.63) is 227 Å². The molecular formula is C68H51N5OPt-2. The number of ether oxygens (including phenoxy) is 1. The Balaban J connectivity index is 0.923. The van der Waals surface area contributed by atoms with Crippen molar-refractivity contribution in [1.29, 1.82) is 0 Å². The van der Waals surface area contributed by atoms with Crippen molar-refractivity contribution in [3.8, 4) is 50.9 Å². The topological polar surface area (TPSA) is 41.3 Å². The number of fused-ring (bicyclic) bond motifs is 10. The zero-order valence-electron chi connectivity index (χ0n) is 42.5. The average Bonchev–Trinajstić information content (AvgIpc) is 4.21. The number of nitrogens with zero attached hydrogens (tertiary/aromatic N) is 5. The van der Waals surface area contributed by atoms with Crippen molar-refractivity contribution in [2.24, 2.45) is 0 Å².